The number of benzene rings is 3. The summed E-state index contributed by atoms with van der Waals surface area (Å²) in [5.74, 6) is 1.42. The first-order valence-corrected chi connectivity index (χ1v) is 12.3. The van der Waals surface area contributed by atoms with Crippen molar-refractivity contribution >= 4 is 27.7 Å². The maximum absolute atomic E-state index is 4.68. The van der Waals surface area contributed by atoms with E-state index in [1.807, 2.05) is 59.4 Å². The maximum atomic E-state index is 4.68. The van der Waals surface area contributed by atoms with Crippen LogP contribution in [0.4, 0.5) is 0 Å². The summed E-state index contributed by atoms with van der Waals surface area (Å²) in [6, 6.07) is 28.9. The zero-order valence-corrected chi connectivity index (χ0v) is 20.2. The largest absolute Gasteiger partial charge is 0.254 e. The Morgan fingerprint density at radius 2 is 1.42 bits per heavy atom. The number of rotatable bonds is 8. The normalized spacial score (nSPS) is 11.1. The minimum atomic E-state index is 0.560. The highest BCUT2D eigenvalue weighted by Crippen LogP contribution is 2.32. The van der Waals surface area contributed by atoms with Crippen molar-refractivity contribution in [3.8, 4) is 11.4 Å². The highest BCUT2D eigenvalue weighted by molar-refractivity contribution is 9.10. The molecule has 6 nitrogen and oxygen atoms in total. The van der Waals surface area contributed by atoms with Gasteiger partial charge in [-0.05, 0) is 34.0 Å². The first kappa shape index (κ1) is 21.6. The van der Waals surface area contributed by atoms with E-state index in [0.29, 0.717) is 18.9 Å². The van der Waals surface area contributed by atoms with E-state index in [9.17, 15) is 0 Å². The maximum Gasteiger partial charge on any atom is 0.209 e. The lowest BCUT2D eigenvalue weighted by atomic mass is 10.2. The second-order valence-electron chi connectivity index (χ2n) is 7.55. The summed E-state index contributed by atoms with van der Waals surface area (Å²) >= 11 is 5.21. The summed E-state index contributed by atoms with van der Waals surface area (Å²) in [5, 5.41) is 19.0. The SMILES string of the molecule is Brc1ccc(Cn2nnc(-c3cnn(Cc4ccccc4)c3SCc3ccccc3)n2)cc1. The van der Waals surface area contributed by atoms with Gasteiger partial charge in [-0.15, -0.1) is 22.0 Å². The number of hydrogen-bond acceptors (Lipinski definition) is 5. The molecule has 0 N–H and O–H groups in total. The second kappa shape index (κ2) is 10.1. The Hall–Kier alpha value is -3.23. The predicted octanol–water partition coefficient (Wildman–Crippen LogP) is 5.69. The molecule has 3 aromatic carbocycles. The van der Waals surface area contributed by atoms with Gasteiger partial charge in [0.25, 0.3) is 0 Å². The summed E-state index contributed by atoms with van der Waals surface area (Å²) in [5.41, 5.74) is 4.46. The fourth-order valence-corrected chi connectivity index (χ4v) is 4.77. The lowest BCUT2D eigenvalue weighted by Gasteiger charge is -2.09. The summed E-state index contributed by atoms with van der Waals surface area (Å²) in [7, 11) is 0. The Morgan fingerprint density at radius 1 is 0.758 bits per heavy atom. The third-order valence-corrected chi connectivity index (χ3v) is 6.83. The molecule has 0 saturated carbocycles. The molecule has 0 atom stereocenters. The molecule has 0 aliphatic carbocycles. The van der Waals surface area contributed by atoms with Gasteiger partial charge in [0.15, 0.2) is 0 Å². The van der Waals surface area contributed by atoms with E-state index in [1.54, 1.807) is 16.6 Å². The van der Waals surface area contributed by atoms with Gasteiger partial charge in [0.05, 0.1) is 24.8 Å². The van der Waals surface area contributed by atoms with Crippen molar-refractivity contribution in [1.82, 2.24) is 30.0 Å². The summed E-state index contributed by atoms with van der Waals surface area (Å²) < 4.78 is 3.07. The number of thioether (sulfide) groups is 1. The standard InChI is InChI=1S/C25H21BrN6S/c26-22-13-11-20(12-14-22)17-32-29-24(28-30-32)23-15-27-31(16-19-7-3-1-4-8-19)25(23)33-18-21-9-5-2-6-10-21/h1-15H,16-18H2. The highest BCUT2D eigenvalue weighted by Gasteiger charge is 2.18. The Labute approximate surface area is 204 Å². The molecule has 0 bridgehead atoms. The zero-order chi connectivity index (χ0) is 22.5. The molecule has 0 aliphatic heterocycles. The van der Waals surface area contributed by atoms with E-state index >= 15 is 0 Å². The van der Waals surface area contributed by atoms with Gasteiger partial charge in [-0.3, -0.25) is 4.68 Å². The van der Waals surface area contributed by atoms with Crippen LogP contribution in [0.5, 0.6) is 0 Å². The Balaban J connectivity index is 1.42. The van der Waals surface area contributed by atoms with Crippen molar-refractivity contribution in [2.45, 2.75) is 23.9 Å². The van der Waals surface area contributed by atoms with Crippen molar-refractivity contribution in [1.29, 1.82) is 0 Å². The van der Waals surface area contributed by atoms with Gasteiger partial charge in [-0.2, -0.15) is 9.90 Å². The third-order valence-electron chi connectivity index (χ3n) is 5.12. The van der Waals surface area contributed by atoms with Gasteiger partial charge in [0, 0.05) is 10.2 Å². The summed E-state index contributed by atoms with van der Waals surface area (Å²) in [6.45, 7) is 1.25. The van der Waals surface area contributed by atoms with Gasteiger partial charge in [0.2, 0.25) is 5.82 Å². The Bertz CT molecular complexity index is 1320. The van der Waals surface area contributed by atoms with Crippen LogP contribution in [0.2, 0.25) is 0 Å². The number of hydrogen-bond donors (Lipinski definition) is 0. The first-order valence-electron chi connectivity index (χ1n) is 10.5. The molecular weight excluding hydrogens is 496 g/mol. The third kappa shape index (κ3) is 5.40. The topological polar surface area (TPSA) is 61.4 Å². The quantitative estimate of drug-likeness (QED) is 0.248. The molecule has 5 rings (SSSR count). The molecule has 0 spiro atoms. The van der Waals surface area contributed by atoms with Gasteiger partial charge in [0.1, 0.15) is 5.03 Å². The molecule has 0 saturated heterocycles. The highest BCUT2D eigenvalue weighted by atomic mass is 79.9. The molecule has 164 valence electrons. The monoisotopic (exact) mass is 516 g/mol. The van der Waals surface area contributed by atoms with Gasteiger partial charge in [-0.1, -0.05) is 88.7 Å². The fraction of sp³-hybridized carbons (Fsp3) is 0.120. The van der Waals surface area contributed by atoms with Crippen molar-refractivity contribution < 1.29 is 0 Å². The van der Waals surface area contributed by atoms with E-state index in [0.717, 1.165) is 26.4 Å². The average Bonchev–Trinajstić information content (AvgIpc) is 3.47. The van der Waals surface area contributed by atoms with E-state index in [4.69, 9.17) is 0 Å². The van der Waals surface area contributed by atoms with E-state index in [1.165, 1.54) is 11.1 Å². The molecule has 0 unspecified atom stereocenters. The minimum absolute atomic E-state index is 0.560. The van der Waals surface area contributed by atoms with Crippen LogP contribution in [0.1, 0.15) is 16.7 Å². The van der Waals surface area contributed by atoms with Crippen LogP contribution in [0.15, 0.2) is 101 Å². The molecule has 2 heterocycles. The van der Waals surface area contributed by atoms with Crippen molar-refractivity contribution in [2.75, 3.05) is 0 Å². The molecular formula is C25H21BrN6S. The van der Waals surface area contributed by atoms with Gasteiger partial charge < -0.3 is 0 Å². The van der Waals surface area contributed by atoms with Crippen LogP contribution in [0.3, 0.4) is 0 Å². The fourth-order valence-electron chi connectivity index (χ4n) is 3.45. The van der Waals surface area contributed by atoms with Crippen molar-refractivity contribution in [3.63, 3.8) is 0 Å². The lowest BCUT2D eigenvalue weighted by Crippen LogP contribution is -2.04. The minimum Gasteiger partial charge on any atom is -0.254 e. The van der Waals surface area contributed by atoms with Crippen molar-refractivity contribution in [3.05, 3.63) is 112 Å². The average molecular weight is 517 g/mol. The number of tetrazole rings is 1. The molecule has 0 amide bonds. The molecule has 8 heteroatoms. The van der Waals surface area contributed by atoms with Crippen LogP contribution in [-0.4, -0.2) is 30.0 Å². The molecule has 0 radical (unpaired) electrons. The number of nitrogens with zero attached hydrogens (tertiary/aromatic N) is 6. The van der Waals surface area contributed by atoms with Gasteiger partial charge >= 0.3 is 0 Å². The lowest BCUT2D eigenvalue weighted by molar-refractivity contribution is 0.572. The van der Waals surface area contributed by atoms with Crippen LogP contribution in [-0.2, 0) is 18.8 Å². The summed E-state index contributed by atoms with van der Waals surface area (Å²) in [4.78, 5) is 1.62. The number of aromatic nitrogens is 6. The molecule has 5 aromatic rings. The number of halogens is 1. The van der Waals surface area contributed by atoms with Crippen LogP contribution >= 0.6 is 27.7 Å². The van der Waals surface area contributed by atoms with Gasteiger partial charge in [-0.25, -0.2) is 0 Å². The van der Waals surface area contributed by atoms with E-state index in [-0.39, 0.29) is 0 Å². The van der Waals surface area contributed by atoms with E-state index < -0.39 is 0 Å². The second-order valence-corrected chi connectivity index (χ2v) is 9.43. The molecule has 0 fully saturated rings. The summed E-state index contributed by atoms with van der Waals surface area (Å²) in [6.07, 6.45) is 1.84. The smallest absolute Gasteiger partial charge is 0.209 e. The van der Waals surface area contributed by atoms with Crippen LogP contribution < -0.4 is 0 Å². The van der Waals surface area contributed by atoms with Crippen molar-refractivity contribution in [2.24, 2.45) is 0 Å². The first-order chi connectivity index (χ1) is 16.2. The molecule has 33 heavy (non-hydrogen) atoms. The zero-order valence-electron chi connectivity index (χ0n) is 17.8. The Kier molecular flexibility index (Phi) is 6.64. The molecule has 0 aliphatic rings. The molecule has 2 aromatic heterocycles. The van der Waals surface area contributed by atoms with Crippen LogP contribution in [0, 0.1) is 0 Å². The van der Waals surface area contributed by atoms with Crippen LogP contribution in [0.25, 0.3) is 11.4 Å². The predicted molar refractivity (Wildman–Crippen MR) is 134 cm³/mol. The van der Waals surface area contributed by atoms with E-state index in [2.05, 4.69) is 72.8 Å². The Morgan fingerprint density at radius 3 is 2.15 bits per heavy atom.